The Balaban J connectivity index is 1.57. The van der Waals surface area contributed by atoms with E-state index in [0.717, 1.165) is 18.9 Å². The second kappa shape index (κ2) is 6.20. The molecule has 2 fully saturated rings. The summed E-state index contributed by atoms with van der Waals surface area (Å²) in [5.41, 5.74) is 7.38. The predicted octanol–water partition coefficient (Wildman–Crippen LogP) is 1.64. The minimum absolute atomic E-state index is 0.430. The number of piperidine rings is 1. The molecule has 2 N–H and O–H groups in total. The number of hydrogen-bond donors (Lipinski definition) is 1. The van der Waals surface area contributed by atoms with Crippen molar-refractivity contribution in [3.63, 3.8) is 0 Å². The lowest BCUT2D eigenvalue weighted by atomic mass is 10.0. The second-order valence-electron chi connectivity index (χ2n) is 6.27. The molecule has 2 aliphatic rings. The molecule has 2 aliphatic heterocycles. The quantitative estimate of drug-likeness (QED) is 0.910. The van der Waals surface area contributed by atoms with Crippen LogP contribution >= 0.6 is 0 Å². The van der Waals surface area contributed by atoms with Crippen LogP contribution in [0.15, 0.2) is 24.5 Å². The Bertz CT molecular complexity index is 414. The van der Waals surface area contributed by atoms with Gasteiger partial charge in [0.05, 0.1) is 0 Å². The van der Waals surface area contributed by atoms with Crippen molar-refractivity contribution >= 4 is 0 Å². The van der Waals surface area contributed by atoms with Gasteiger partial charge in [0.1, 0.15) is 0 Å². The van der Waals surface area contributed by atoms with Crippen LogP contribution in [-0.4, -0.2) is 53.0 Å². The Morgan fingerprint density at radius 3 is 2.55 bits per heavy atom. The zero-order valence-corrected chi connectivity index (χ0v) is 12.4. The average molecular weight is 274 g/mol. The SMILES string of the molecule is CC(c1ccncc1)N1CCC(N2CCC(N)CC2)C1. The predicted molar refractivity (Wildman–Crippen MR) is 81.4 cm³/mol. The van der Waals surface area contributed by atoms with E-state index in [1.165, 1.54) is 38.2 Å². The summed E-state index contributed by atoms with van der Waals surface area (Å²) in [6, 6.07) is 5.93. The maximum absolute atomic E-state index is 6.00. The van der Waals surface area contributed by atoms with Crippen molar-refractivity contribution in [2.24, 2.45) is 5.73 Å². The molecule has 1 aromatic rings. The molecule has 3 heterocycles. The van der Waals surface area contributed by atoms with Crippen molar-refractivity contribution in [3.05, 3.63) is 30.1 Å². The van der Waals surface area contributed by atoms with E-state index in [-0.39, 0.29) is 0 Å². The number of nitrogens with zero attached hydrogens (tertiary/aromatic N) is 3. The highest BCUT2D eigenvalue weighted by Crippen LogP contribution is 2.27. The van der Waals surface area contributed by atoms with Gasteiger partial charge < -0.3 is 5.73 Å². The molecule has 0 spiro atoms. The van der Waals surface area contributed by atoms with Crippen molar-refractivity contribution < 1.29 is 0 Å². The molecule has 0 saturated carbocycles. The van der Waals surface area contributed by atoms with Crippen LogP contribution in [0, 0.1) is 0 Å². The molecular formula is C16H26N4. The molecule has 3 rings (SSSR count). The first-order valence-corrected chi connectivity index (χ1v) is 7.87. The molecule has 0 aliphatic carbocycles. The molecule has 20 heavy (non-hydrogen) atoms. The van der Waals surface area contributed by atoms with Gasteiger partial charge in [0.15, 0.2) is 0 Å². The molecule has 0 bridgehead atoms. The number of nitrogens with two attached hydrogens (primary N) is 1. The van der Waals surface area contributed by atoms with Gasteiger partial charge in [0.25, 0.3) is 0 Å². The Labute approximate surface area is 122 Å². The largest absolute Gasteiger partial charge is 0.328 e. The maximum atomic E-state index is 6.00. The highest BCUT2D eigenvalue weighted by atomic mass is 15.3. The van der Waals surface area contributed by atoms with Crippen LogP contribution in [0.2, 0.25) is 0 Å². The van der Waals surface area contributed by atoms with Gasteiger partial charge in [-0.05, 0) is 57.0 Å². The molecule has 110 valence electrons. The minimum atomic E-state index is 0.430. The molecule has 0 aromatic carbocycles. The molecule has 4 heteroatoms. The third kappa shape index (κ3) is 3.03. The maximum Gasteiger partial charge on any atom is 0.0321 e. The minimum Gasteiger partial charge on any atom is -0.328 e. The molecule has 1 aromatic heterocycles. The highest BCUT2D eigenvalue weighted by molar-refractivity contribution is 5.14. The Hall–Kier alpha value is -0.970. The van der Waals surface area contributed by atoms with Crippen LogP contribution in [0.3, 0.4) is 0 Å². The Kier molecular flexibility index (Phi) is 4.34. The van der Waals surface area contributed by atoms with Gasteiger partial charge in [-0.25, -0.2) is 0 Å². The van der Waals surface area contributed by atoms with Gasteiger partial charge in [0, 0.05) is 43.6 Å². The van der Waals surface area contributed by atoms with E-state index < -0.39 is 0 Å². The molecule has 0 amide bonds. The molecule has 2 atom stereocenters. The van der Waals surface area contributed by atoms with E-state index in [9.17, 15) is 0 Å². The molecule has 2 saturated heterocycles. The van der Waals surface area contributed by atoms with Crippen molar-refractivity contribution in [1.82, 2.24) is 14.8 Å². The summed E-state index contributed by atoms with van der Waals surface area (Å²) < 4.78 is 0. The summed E-state index contributed by atoms with van der Waals surface area (Å²) in [5, 5.41) is 0. The summed E-state index contributed by atoms with van der Waals surface area (Å²) in [6.45, 7) is 7.08. The van der Waals surface area contributed by atoms with Gasteiger partial charge >= 0.3 is 0 Å². The van der Waals surface area contributed by atoms with Gasteiger partial charge in [-0.2, -0.15) is 0 Å². The third-order valence-corrected chi connectivity index (χ3v) is 5.02. The lowest BCUT2D eigenvalue weighted by Gasteiger charge is -2.35. The van der Waals surface area contributed by atoms with Crippen LogP contribution in [0.5, 0.6) is 0 Å². The van der Waals surface area contributed by atoms with Gasteiger partial charge in [0.2, 0.25) is 0 Å². The third-order valence-electron chi connectivity index (χ3n) is 5.02. The average Bonchev–Trinajstić information content (AvgIpc) is 2.98. The van der Waals surface area contributed by atoms with E-state index in [2.05, 4.69) is 33.8 Å². The molecule has 4 nitrogen and oxygen atoms in total. The van der Waals surface area contributed by atoms with Gasteiger partial charge in [-0.3, -0.25) is 14.8 Å². The number of likely N-dealkylation sites (tertiary alicyclic amines) is 2. The zero-order valence-electron chi connectivity index (χ0n) is 12.4. The van der Waals surface area contributed by atoms with Crippen molar-refractivity contribution in [2.75, 3.05) is 26.2 Å². The summed E-state index contributed by atoms with van der Waals surface area (Å²) in [4.78, 5) is 9.37. The van der Waals surface area contributed by atoms with Crippen LogP contribution in [0.1, 0.15) is 37.8 Å². The normalized spacial score (nSPS) is 27.8. The topological polar surface area (TPSA) is 45.4 Å². The smallest absolute Gasteiger partial charge is 0.0321 e. The summed E-state index contributed by atoms with van der Waals surface area (Å²) in [6.07, 6.45) is 7.41. The first kappa shape index (κ1) is 14.0. The van der Waals surface area contributed by atoms with E-state index in [0.29, 0.717) is 12.1 Å². The van der Waals surface area contributed by atoms with Gasteiger partial charge in [-0.15, -0.1) is 0 Å². The van der Waals surface area contributed by atoms with E-state index in [4.69, 9.17) is 5.73 Å². The highest BCUT2D eigenvalue weighted by Gasteiger charge is 2.31. The van der Waals surface area contributed by atoms with E-state index in [1.54, 1.807) is 0 Å². The van der Waals surface area contributed by atoms with Crippen LogP contribution in [-0.2, 0) is 0 Å². The number of hydrogen-bond acceptors (Lipinski definition) is 4. The zero-order chi connectivity index (χ0) is 13.9. The van der Waals surface area contributed by atoms with Crippen molar-refractivity contribution in [2.45, 2.75) is 44.3 Å². The summed E-state index contributed by atoms with van der Waals surface area (Å²) in [7, 11) is 0. The standard InChI is InChI=1S/C16H26N4/c1-13(14-2-7-18-8-3-14)20-11-6-16(12-20)19-9-4-15(17)5-10-19/h2-3,7-8,13,15-16H,4-6,9-12,17H2,1H3. The molecule has 0 radical (unpaired) electrons. The second-order valence-corrected chi connectivity index (χ2v) is 6.27. The fourth-order valence-corrected chi connectivity index (χ4v) is 3.56. The first-order valence-electron chi connectivity index (χ1n) is 7.87. The van der Waals surface area contributed by atoms with Crippen LogP contribution < -0.4 is 5.73 Å². The summed E-state index contributed by atoms with van der Waals surface area (Å²) in [5.74, 6) is 0. The van der Waals surface area contributed by atoms with E-state index in [1.807, 2.05) is 12.4 Å². The first-order chi connectivity index (χ1) is 9.74. The molecule has 2 unspecified atom stereocenters. The number of aromatic nitrogens is 1. The van der Waals surface area contributed by atoms with Crippen molar-refractivity contribution in [3.8, 4) is 0 Å². The van der Waals surface area contributed by atoms with Crippen molar-refractivity contribution in [1.29, 1.82) is 0 Å². The lowest BCUT2D eigenvalue weighted by molar-refractivity contribution is 0.146. The van der Waals surface area contributed by atoms with Gasteiger partial charge in [-0.1, -0.05) is 0 Å². The number of rotatable bonds is 3. The van der Waals surface area contributed by atoms with E-state index >= 15 is 0 Å². The fraction of sp³-hybridized carbons (Fsp3) is 0.688. The Morgan fingerprint density at radius 2 is 1.85 bits per heavy atom. The van der Waals surface area contributed by atoms with Crippen LogP contribution in [0.25, 0.3) is 0 Å². The molecular weight excluding hydrogens is 248 g/mol. The monoisotopic (exact) mass is 274 g/mol. The number of pyridine rings is 1. The summed E-state index contributed by atoms with van der Waals surface area (Å²) >= 11 is 0. The fourth-order valence-electron chi connectivity index (χ4n) is 3.56. The lowest BCUT2D eigenvalue weighted by Crippen LogP contribution is -2.46. The Morgan fingerprint density at radius 1 is 1.15 bits per heavy atom. The van der Waals surface area contributed by atoms with Crippen LogP contribution in [0.4, 0.5) is 0 Å².